The van der Waals surface area contributed by atoms with Gasteiger partial charge in [0.1, 0.15) is 0 Å². The van der Waals surface area contributed by atoms with Crippen molar-refractivity contribution >= 4 is 17.4 Å². The average molecular weight is 249 g/mol. The van der Waals surface area contributed by atoms with E-state index in [-0.39, 0.29) is 10.4 Å². The predicted octanol–water partition coefficient (Wildman–Crippen LogP) is 4.18. The number of thioether (sulfide) groups is 1. The summed E-state index contributed by atoms with van der Waals surface area (Å²) in [6.45, 7) is 5.84. The maximum absolute atomic E-state index is 12.6. The minimum Gasteiger partial charge on any atom is -0.398 e. The molecule has 1 aromatic rings. The lowest BCUT2D eigenvalue weighted by molar-refractivity contribution is -0.137. The summed E-state index contributed by atoms with van der Waals surface area (Å²) in [7, 11) is 0. The van der Waals surface area contributed by atoms with E-state index in [0.29, 0.717) is 4.90 Å². The smallest absolute Gasteiger partial charge is 0.398 e. The summed E-state index contributed by atoms with van der Waals surface area (Å²) in [6.07, 6.45) is -4.39. The van der Waals surface area contributed by atoms with Crippen molar-refractivity contribution in [2.75, 3.05) is 5.73 Å². The van der Waals surface area contributed by atoms with Gasteiger partial charge in [-0.25, -0.2) is 0 Å². The fourth-order valence-corrected chi connectivity index (χ4v) is 2.22. The van der Waals surface area contributed by atoms with E-state index < -0.39 is 11.7 Å². The molecule has 0 heterocycles. The van der Waals surface area contributed by atoms with Crippen LogP contribution >= 0.6 is 11.8 Å². The fraction of sp³-hybridized carbons (Fsp3) is 0.455. The summed E-state index contributed by atoms with van der Waals surface area (Å²) in [5, 5.41) is 0. The second kappa shape index (κ2) is 4.20. The number of hydrogen-bond acceptors (Lipinski definition) is 2. The van der Waals surface area contributed by atoms with Gasteiger partial charge >= 0.3 is 6.18 Å². The Morgan fingerprint density at radius 3 is 2.12 bits per heavy atom. The summed E-state index contributed by atoms with van der Waals surface area (Å²) in [4.78, 5) is 0.578. The highest BCUT2D eigenvalue weighted by Crippen LogP contribution is 2.38. The highest BCUT2D eigenvalue weighted by molar-refractivity contribution is 8.00. The Kier molecular flexibility index (Phi) is 3.47. The van der Waals surface area contributed by atoms with Crippen molar-refractivity contribution in [2.24, 2.45) is 0 Å². The number of rotatable bonds is 1. The Morgan fingerprint density at radius 2 is 1.69 bits per heavy atom. The zero-order valence-corrected chi connectivity index (χ0v) is 10.2. The molecule has 0 unspecified atom stereocenters. The van der Waals surface area contributed by atoms with E-state index in [1.807, 2.05) is 20.8 Å². The summed E-state index contributed by atoms with van der Waals surface area (Å²) < 4.78 is 37.6. The van der Waals surface area contributed by atoms with E-state index in [1.165, 1.54) is 17.8 Å². The van der Waals surface area contributed by atoms with E-state index >= 15 is 0 Å². The van der Waals surface area contributed by atoms with Crippen LogP contribution in [0.3, 0.4) is 0 Å². The molecule has 0 aliphatic rings. The number of halogens is 3. The number of nitrogen functional groups attached to an aromatic ring is 1. The second-order valence-corrected chi connectivity index (χ2v) is 6.36. The van der Waals surface area contributed by atoms with Crippen LogP contribution in [0.25, 0.3) is 0 Å². The molecule has 1 rings (SSSR count). The minimum absolute atomic E-state index is 0.126. The zero-order chi connectivity index (χ0) is 12.6. The van der Waals surface area contributed by atoms with Gasteiger partial charge in [-0.1, -0.05) is 20.8 Å². The van der Waals surface area contributed by atoms with E-state index in [9.17, 15) is 13.2 Å². The molecular weight excluding hydrogens is 235 g/mol. The van der Waals surface area contributed by atoms with Crippen LogP contribution in [-0.4, -0.2) is 4.75 Å². The first-order valence-corrected chi connectivity index (χ1v) is 5.57. The van der Waals surface area contributed by atoms with E-state index in [1.54, 1.807) is 6.07 Å². The van der Waals surface area contributed by atoms with Crippen LogP contribution in [0.2, 0.25) is 0 Å². The van der Waals surface area contributed by atoms with Gasteiger partial charge in [0.15, 0.2) is 0 Å². The normalized spacial score (nSPS) is 12.9. The molecule has 0 atom stereocenters. The Labute approximate surface area is 97.2 Å². The van der Waals surface area contributed by atoms with Crippen molar-refractivity contribution in [2.45, 2.75) is 36.6 Å². The molecule has 1 aromatic carbocycles. The molecule has 0 fully saturated rings. The van der Waals surface area contributed by atoms with Gasteiger partial charge in [-0.15, -0.1) is 11.8 Å². The molecule has 0 aliphatic heterocycles. The van der Waals surface area contributed by atoms with Gasteiger partial charge in [0, 0.05) is 15.3 Å². The maximum atomic E-state index is 12.6. The maximum Gasteiger partial charge on any atom is 0.418 e. The van der Waals surface area contributed by atoms with Crippen LogP contribution in [0, 0.1) is 0 Å². The topological polar surface area (TPSA) is 26.0 Å². The molecule has 90 valence electrons. The van der Waals surface area contributed by atoms with E-state index in [4.69, 9.17) is 5.73 Å². The van der Waals surface area contributed by atoms with Crippen molar-refractivity contribution < 1.29 is 13.2 Å². The standard InChI is InChI=1S/C11H14F3NS/c1-10(2,3)16-7-4-5-9(15)8(6-7)11(12,13)14/h4-6H,15H2,1-3H3. The molecule has 16 heavy (non-hydrogen) atoms. The van der Waals surface area contributed by atoms with Crippen LogP contribution in [0.4, 0.5) is 18.9 Å². The number of benzene rings is 1. The predicted molar refractivity (Wildman–Crippen MR) is 61.5 cm³/mol. The number of hydrogen-bond donors (Lipinski definition) is 1. The summed E-state index contributed by atoms with van der Waals surface area (Å²) in [5.41, 5.74) is 4.32. The van der Waals surface area contributed by atoms with Gasteiger partial charge < -0.3 is 5.73 Å². The molecule has 2 N–H and O–H groups in total. The van der Waals surface area contributed by atoms with Gasteiger partial charge in [0.2, 0.25) is 0 Å². The van der Waals surface area contributed by atoms with E-state index in [2.05, 4.69) is 0 Å². The largest absolute Gasteiger partial charge is 0.418 e. The average Bonchev–Trinajstić information content (AvgIpc) is 2.04. The molecule has 0 spiro atoms. The SMILES string of the molecule is CC(C)(C)Sc1ccc(N)c(C(F)(F)F)c1. The molecule has 0 bridgehead atoms. The lowest BCUT2D eigenvalue weighted by Gasteiger charge is -2.19. The van der Waals surface area contributed by atoms with E-state index in [0.717, 1.165) is 6.07 Å². The van der Waals surface area contributed by atoms with Crippen molar-refractivity contribution in [3.63, 3.8) is 0 Å². The molecule has 0 aliphatic carbocycles. The fourth-order valence-electron chi connectivity index (χ4n) is 1.20. The molecule has 0 saturated heterocycles. The van der Waals surface area contributed by atoms with Gasteiger partial charge in [0.25, 0.3) is 0 Å². The number of anilines is 1. The highest BCUT2D eigenvalue weighted by atomic mass is 32.2. The molecule has 5 heteroatoms. The zero-order valence-electron chi connectivity index (χ0n) is 9.35. The molecule has 1 nitrogen and oxygen atoms in total. The Morgan fingerprint density at radius 1 is 1.12 bits per heavy atom. The van der Waals surface area contributed by atoms with Gasteiger partial charge in [-0.05, 0) is 18.2 Å². The summed E-state index contributed by atoms with van der Waals surface area (Å²) in [6, 6.07) is 4.02. The van der Waals surface area contributed by atoms with Crippen LogP contribution in [0.5, 0.6) is 0 Å². The van der Waals surface area contributed by atoms with Crippen LogP contribution in [-0.2, 0) is 6.18 Å². The van der Waals surface area contributed by atoms with Crippen molar-refractivity contribution in [1.82, 2.24) is 0 Å². The van der Waals surface area contributed by atoms with Crippen LogP contribution < -0.4 is 5.73 Å². The molecular formula is C11H14F3NS. The summed E-state index contributed by atoms with van der Waals surface area (Å²) in [5.74, 6) is 0. The first kappa shape index (κ1) is 13.2. The Balaban J connectivity index is 3.09. The molecule has 0 aromatic heterocycles. The Bertz CT molecular complexity index is 380. The third kappa shape index (κ3) is 3.63. The number of nitrogens with two attached hydrogens (primary N) is 1. The lowest BCUT2D eigenvalue weighted by Crippen LogP contribution is -2.10. The van der Waals surface area contributed by atoms with Crippen LogP contribution in [0.1, 0.15) is 26.3 Å². The molecule has 0 saturated carbocycles. The van der Waals surface area contributed by atoms with Crippen molar-refractivity contribution in [3.8, 4) is 0 Å². The third-order valence-electron chi connectivity index (χ3n) is 1.75. The van der Waals surface area contributed by atoms with Gasteiger partial charge in [-0.2, -0.15) is 13.2 Å². The molecule has 0 radical (unpaired) electrons. The minimum atomic E-state index is -4.39. The quantitative estimate of drug-likeness (QED) is 0.597. The second-order valence-electron chi connectivity index (χ2n) is 4.46. The van der Waals surface area contributed by atoms with Crippen molar-refractivity contribution in [1.29, 1.82) is 0 Å². The lowest BCUT2D eigenvalue weighted by atomic mass is 10.2. The first-order valence-electron chi connectivity index (χ1n) is 4.75. The Hall–Kier alpha value is -0.840. The van der Waals surface area contributed by atoms with Crippen LogP contribution in [0.15, 0.2) is 23.1 Å². The third-order valence-corrected chi connectivity index (χ3v) is 2.86. The highest BCUT2D eigenvalue weighted by Gasteiger charge is 2.33. The summed E-state index contributed by atoms with van der Waals surface area (Å²) >= 11 is 1.38. The molecule has 0 amide bonds. The monoisotopic (exact) mass is 249 g/mol. The van der Waals surface area contributed by atoms with Crippen molar-refractivity contribution in [3.05, 3.63) is 23.8 Å². The number of alkyl halides is 3. The first-order chi connectivity index (χ1) is 7.09. The van der Waals surface area contributed by atoms with Gasteiger partial charge in [0.05, 0.1) is 5.56 Å². The van der Waals surface area contributed by atoms with Gasteiger partial charge in [-0.3, -0.25) is 0 Å².